The van der Waals surface area contributed by atoms with Crippen LogP contribution in [0.5, 0.6) is 5.75 Å². The van der Waals surface area contributed by atoms with E-state index in [1.807, 2.05) is 30.3 Å². The molecule has 0 spiro atoms. The maximum Gasteiger partial charge on any atom is 0.223 e. The fourth-order valence-electron chi connectivity index (χ4n) is 2.36. The normalized spacial score (nSPS) is 12.6. The second-order valence-corrected chi connectivity index (χ2v) is 5.57. The molecule has 1 amide bonds. The Balaban J connectivity index is 0.00000338. The van der Waals surface area contributed by atoms with Gasteiger partial charge in [0.2, 0.25) is 5.91 Å². The van der Waals surface area contributed by atoms with Gasteiger partial charge >= 0.3 is 0 Å². The van der Waals surface area contributed by atoms with Crippen molar-refractivity contribution in [3.05, 3.63) is 66.0 Å². The molecule has 3 N–H and O–H groups in total. The summed E-state index contributed by atoms with van der Waals surface area (Å²) >= 11 is 0. The molecule has 0 aliphatic rings. The van der Waals surface area contributed by atoms with Gasteiger partial charge in [0, 0.05) is 13.7 Å². The number of para-hydroxylation sites is 1. The quantitative estimate of drug-likeness (QED) is 0.699. The number of carbonyl (C=O) groups excluding carboxylic acids is 1. The second kappa shape index (κ2) is 11.5. The van der Waals surface area contributed by atoms with Crippen molar-refractivity contribution in [2.75, 3.05) is 20.3 Å². The highest BCUT2D eigenvalue weighted by atomic mass is 35.5. The Kier molecular flexibility index (Phi) is 9.65. The highest BCUT2D eigenvalue weighted by Gasteiger charge is 2.18. The molecule has 0 bridgehead atoms. The van der Waals surface area contributed by atoms with Gasteiger partial charge in [-0.2, -0.15) is 0 Å². The molecular weight excluding hydrogens is 359 g/mol. The van der Waals surface area contributed by atoms with Gasteiger partial charge < -0.3 is 20.5 Å². The largest absolute Gasteiger partial charge is 0.488 e. The highest BCUT2D eigenvalue weighted by Crippen LogP contribution is 2.19. The third-order valence-corrected chi connectivity index (χ3v) is 3.79. The molecule has 0 aliphatic heterocycles. The van der Waals surface area contributed by atoms with Crippen LogP contribution in [-0.2, 0) is 9.53 Å². The smallest absolute Gasteiger partial charge is 0.223 e. The van der Waals surface area contributed by atoms with Crippen LogP contribution in [0.2, 0.25) is 0 Å². The zero-order chi connectivity index (χ0) is 18.1. The van der Waals surface area contributed by atoms with Crippen LogP contribution in [0, 0.1) is 5.82 Å². The summed E-state index contributed by atoms with van der Waals surface area (Å²) in [4.78, 5) is 12.3. The lowest BCUT2D eigenvalue weighted by Gasteiger charge is -2.21. The molecule has 7 heteroatoms. The van der Waals surface area contributed by atoms with Crippen LogP contribution >= 0.6 is 12.4 Å². The van der Waals surface area contributed by atoms with Crippen LogP contribution < -0.4 is 15.8 Å². The topological polar surface area (TPSA) is 73.6 Å². The Bertz CT molecular complexity index is 669. The fraction of sp³-hybridized carbons (Fsp3) is 0.316. The Hall–Kier alpha value is -2.15. The molecule has 5 nitrogen and oxygen atoms in total. The molecule has 2 aromatic carbocycles. The predicted octanol–water partition coefficient (Wildman–Crippen LogP) is 2.85. The van der Waals surface area contributed by atoms with Crippen LogP contribution in [0.4, 0.5) is 4.39 Å². The zero-order valence-corrected chi connectivity index (χ0v) is 15.4. The van der Waals surface area contributed by atoms with E-state index in [-0.39, 0.29) is 49.7 Å². The molecule has 2 aromatic rings. The van der Waals surface area contributed by atoms with E-state index in [2.05, 4.69) is 5.32 Å². The number of carbonyl (C=O) groups is 1. The van der Waals surface area contributed by atoms with Gasteiger partial charge in [0.15, 0.2) is 11.6 Å². The van der Waals surface area contributed by atoms with Gasteiger partial charge in [-0.15, -0.1) is 12.4 Å². The fourth-order valence-corrected chi connectivity index (χ4v) is 2.36. The van der Waals surface area contributed by atoms with Crippen molar-refractivity contribution in [1.29, 1.82) is 0 Å². The van der Waals surface area contributed by atoms with Crippen LogP contribution in [0.3, 0.4) is 0 Å². The van der Waals surface area contributed by atoms with Crippen LogP contribution in [-0.4, -0.2) is 32.3 Å². The third kappa shape index (κ3) is 6.63. The summed E-state index contributed by atoms with van der Waals surface area (Å²) in [6.07, 6.45) is -0.195. The third-order valence-electron chi connectivity index (χ3n) is 3.79. The average molecular weight is 383 g/mol. The Morgan fingerprint density at radius 3 is 2.42 bits per heavy atom. The average Bonchev–Trinajstić information content (AvgIpc) is 2.65. The van der Waals surface area contributed by atoms with Crippen molar-refractivity contribution >= 4 is 18.3 Å². The molecule has 0 saturated carbocycles. The molecule has 0 heterocycles. The molecule has 142 valence electrons. The second-order valence-electron chi connectivity index (χ2n) is 5.57. The molecule has 2 unspecified atom stereocenters. The summed E-state index contributed by atoms with van der Waals surface area (Å²) in [5.41, 5.74) is 6.42. The molecule has 2 rings (SSSR count). The molecule has 0 aromatic heterocycles. The van der Waals surface area contributed by atoms with E-state index < -0.39 is 11.9 Å². The summed E-state index contributed by atoms with van der Waals surface area (Å²) in [6, 6.07) is 15.1. The molecule has 0 saturated heterocycles. The van der Waals surface area contributed by atoms with E-state index in [1.54, 1.807) is 18.2 Å². The van der Waals surface area contributed by atoms with E-state index >= 15 is 0 Å². The maximum atomic E-state index is 13.7. The molecule has 0 aliphatic carbocycles. The number of nitrogens with one attached hydrogen (secondary N) is 1. The molecule has 2 atom stereocenters. The number of ether oxygens (including phenoxy) is 2. The van der Waals surface area contributed by atoms with Gasteiger partial charge in [0.1, 0.15) is 6.61 Å². The van der Waals surface area contributed by atoms with E-state index in [0.717, 1.165) is 5.56 Å². The lowest BCUT2D eigenvalue weighted by atomic mass is 10.1. The van der Waals surface area contributed by atoms with Crippen LogP contribution in [0.1, 0.15) is 18.0 Å². The van der Waals surface area contributed by atoms with Gasteiger partial charge in [0.25, 0.3) is 0 Å². The summed E-state index contributed by atoms with van der Waals surface area (Å²) in [5.74, 6) is -0.499. The minimum absolute atomic E-state index is 0. The summed E-state index contributed by atoms with van der Waals surface area (Å²) in [5, 5.41) is 2.90. The molecule has 0 radical (unpaired) electrons. The molecule has 0 fully saturated rings. The number of amides is 1. The number of hydrogen-bond acceptors (Lipinski definition) is 4. The van der Waals surface area contributed by atoms with Crippen LogP contribution in [0.15, 0.2) is 54.6 Å². The van der Waals surface area contributed by atoms with Gasteiger partial charge in [-0.3, -0.25) is 4.79 Å². The Morgan fingerprint density at radius 2 is 1.81 bits per heavy atom. The van der Waals surface area contributed by atoms with Crippen molar-refractivity contribution < 1.29 is 18.7 Å². The standard InChI is InChI=1S/C19H23FN2O3.ClH/c1-24-15(12-21)11-19(23)22-17(14-7-3-2-4-8-14)13-25-18-10-6-5-9-16(18)20;/h2-10,15,17H,11-13,21H2,1H3,(H,22,23);1H. The Labute approximate surface area is 159 Å². The Morgan fingerprint density at radius 1 is 1.15 bits per heavy atom. The minimum Gasteiger partial charge on any atom is -0.488 e. The lowest BCUT2D eigenvalue weighted by molar-refractivity contribution is -0.124. The number of halogens is 2. The van der Waals surface area contributed by atoms with Crippen molar-refractivity contribution in [2.24, 2.45) is 5.73 Å². The van der Waals surface area contributed by atoms with Crippen molar-refractivity contribution in [3.63, 3.8) is 0 Å². The first-order valence-electron chi connectivity index (χ1n) is 8.08. The van der Waals surface area contributed by atoms with E-state index in [9.17, 15) is 9.18 Å². The van der Waals surface area contributed by atoms with Gasteiger partial charge in [-0.05, 0) is 17.7 Å². The van der Waals surface area contributed by atoms with Gasteiger partial charge in [0.05, 0.1) is 18.6 Å². The number of methoxy groups -OCH3 is 1. The van der Waals surface area contributed by atoms with Crippen LogP contribution in [0.25, 0.3) is 0 Å². The molecule has 26 heavy (non-hydrogen) atoms. The number of nitrogens with two attached hydrogens (primary N) is 1. The van der Waals surface area contributed by atoms with Gasteiger partial charge in [-0.25, -0.2) is 4.39 Å². The highest BCUT2D eigenvalue weighted by molar-refractivity contribution is 5.85. The number of benzene rings is 2. The minimum atomic E-state index is -0.441. The maximum absolute atomic E-state index is 13.7. The number of rotatable bonds is 9. The number of hydrogen-bond donors (Lipinski definition) is 2. The lowest BCUT2D eigenvalue weighted by Crippen LogP contribution is -2.36. The molecular formula is C19H24ClFN2O3. The van der Waals surface area contributed by atoms with Crippen molar-refractivity contribution in [1.82, 2.24) is 5.32 Å². The summed E-state index contributed by atoms with van der Waals surface area (Å²) in [7, 11) is 1.51. The predicted molar refractivity (Wildman–Crippen MR) is 101 cm³/mol. The van der Waals surface area contributed by atoms with E-state index in [0.29, 0.717) is 0 Å². The first kappa shape index (κ1) is 21.9. The summed E-state index contributed by atoms with van der Waals surface area (Å²) < 4.78 is 24.4. The zero-order valence-electron chi connectivity index (χ0n) is 14.6. The van der Waals surface area contributed by atoms with Gasteiger partial charge in [-0.1, -0.05) is 42.5 Å². The van der Waals surface area contributed by atoms with E-state index in [1.165, 1.54) is 13.2 Å². The first-order chi connectivity index (χ1) is 12.1. The first-order valence-corrected chi connectivity index (χ1v) is 8.08. The summed E-state index contributed by atoms with van der Waals surface area (Å²) in [6.45, 7) is 0.364. The monoisotopic (exact) mass is 382 g/mol. The SMILES string of the molecule is COC(CN)CC(=O)NC(COc1ccccc1F)c1ccccc1.Cl. The van der Waals surface area contributed by atoms with E-state index in [4.69, 9.17) is 15.2 Å². The van der Waals surface area contributed by atoms with Crippen molar-refractivity contribution in [3.8, 4) is 5.75 Å². The van der Waals surface area contributed by atoms with Crippen molar-refractivity contribution in [2.45, 2.75) is 18.6 Å².